The zero-order valence-corrected chi connectivity index (χ0v) is 14.3. The quantitative estimate of drug-likeness (QED) is 0.688. The van der Waals surface area contributed by atoms with Crippen molar-refractivity contribution in [2.45, 2.75) is 6.18 Å². The Morgan fingerprint density at radius 3 is 2.31 bits per heavy atom. The summed E-state index contributed by atoms with van der Waals surface area (Å²) in [6.07, 6.45) is -4.43. The Balaban J connectivity index is 1.71. The Labute approximate surface area is 151 Å². The van der Waals surface area contributed by atoms with Crippen LogP contribution in [0.5, 0.6) is 5.75 Å². The van der Waals surface area contributed by atoms with Crippen molar-refractivity contribution in [1.29, 1.82) is 0 Å². The average Bonchev–Trinajstić information content (AvgIpc) is 3.09. The monoisotopic (exact) mass is 378 g/mol. The molecule has 0 fully saturated rings. The summed E-state index contributed by atoms with van der Waals surface area (Å²) in [6.45, 7) is 0. The van der Waals surface area contributed by atoms with Gasteiger partial charge in [0, 0.05) is 16.5 Å². The number of carbonyl (C=O) groups excluding carboxylic acids is 1. The van der Waals surface area contributed by atoms with Gasteiger partial charge in [-0.05, 0) is 48.5 Å². The molecule has 0 spiro atoms. The predicted molar refractivity (Wildman–Crippen MR) is 93.5 cm³/mol. The zero-order valence-electron chi connectivity index (χ0n) is 13.5. The second-order valence-corrected chi connectivity index (χ2v) is 6.15. The van der Waals surface area contributed by atoms with Gasteiger partial charge in [0.15, 0.2) is 5.13 Å². The van der Waals surface area contributed by atoms with Crippen LogP contribution in [-0.2, 0) is 6.18 Å². The molecule has 0 unspecified atom stereocenters. The highest BCUT2D eigenvalue weighted by Gasteiger charge is 2.30. The first-order valence-corrected chi connectivity index (χ1v) is 8.33. The van der Waals surface area contributed by atoms with Crippen LogP contribution in [0.4, 0.5) is 18.3 Å². The number of rotatable bonds is 4. The van der Waals surface area contributed by atoms with Crippen LogP contribution in [0.15, 0.2) is 53.9 Å². The highest BCUT2D eigenvalue weighted by molar-refractivity contribution is 7.14. The minimum Gasteiger partial charge on any atom is -0.497 e. The van der Waals surface area contributed by atoms with Gasteiger partial charge in [0.05, 0.1) is 18.4 Å². The number of benzene rings is 2. The van der Waals surface area contributed by atoms with Crippen molar-refractivity contribution in [2.75, 3.05) is 12.4 Å². The highest BCUT2D eigenvalue weighted by atomic mass is 32.1. The van der Waals surface area contributed by atoms with Crippen LogP contribution >= 0.6 is 11.3 Å². The number of thiazole rings is 1. The fourth-order valence-electron chi connectivity index (χ4n) is 2.21. The Bertz CT molecular complexity index is 903. The molecule has 134 valence electrons. The molecule has 0 saturated carbocycles. The van der Waals surface area contributed by atoms with E-state index in [1.807, 2.05) is 12.1 Å². The Morgan fingerprint density at radius 2 is 1.73 bits per heavy atom. The summed E-state index contributed by atoms with van der Waals surface area (Å²) in [7, 11) is 1.58. The normalized spacial score (nSPS) is 11.2. The van der Waals surface area contributed by atoms with E-state index in [0.717, 1.165) is 35.6 Å². The van der Waals surface area contributed by atoms with Crippen molar-refractivity contribution in [2.24, 2.45) is 0 Å². The van der Waals surface area contributed by atoms with Crippen molar-refractivity contribution in [1.82, 2.24) is 4.98 Å². The number of hydrogen-bond acceptors (Lipinski definition) is 4. The first-order chi connectivity index (χ1) is 12.4. The molecule has 8 heteroatoms. The Morgan fingerprint density at radius 1 is 1.08 bits per heavy atom. The van der Waals surface area contributed by atoms with E-state index >= 15 is 0 Å². The first kappa shape index (κ1) is 17.9. The number of anilines is 1. The topological polar surface area (TPSA) is 51.2 Å². The Kier molecular flexibility index (Phi) is 4.94. The van der Waals surface area contributed by atoms with E-state index in [4.69, 9.17) is 4.74 Å². The molecule has 0 saturated heterocycles. The summed E-state index contributed by atoms with van der Waals surface area (Å²) in [5, 5.41) is 4.74. The highest BCUT2D eigenvalue weighted by Crippen LogP contribution is 2.30. The molecule has 3 aromatic rings. The summed E-state index contributed by atoms with van der Waals surface area (Å²) in [6, 6.07) is 11.3. The molecule has 1 amide bonds. The van der Waals surface area contributed by atoms with Crippen LogP contribution in [0.1, 0.15) is 15.9 Å². The van der Waals surface area contributed by atoms with Crippen LogP contribution in [-0.4, -0.2) is 18.0 Å². The number of alkyl halides is 3. The molecule has 4 nitrogen and oxygen atoms in total. The van der Waals surface area contributed by atoms with Crippen LogP contribution in [0.3, 0.4) is 0 Å². The van der Waals surface area contributed by atoms with E-state index in [0.29, 0.717) is 10.8 Å². The van der Waals surface area contributed by atoms with E-state index in [2.05, 4.69) is 10.3 Å². The SMILES string of the molecule is COc1ccc(-c2csc(NC(=O)c3ccc(C(F)(F)F)cc3)n2)cc1. The molecule has 1 heterocycles. The molecule has 1 aromatic heterocycles. The van der Waals surface area contributed by atoms with Crippen molar-refractivity contribution in [3.63, 3.8) is 0 Å². The van der Waals surface area contributed by atoms with Crippen LogP contribution in [0.2, 0.25) is 0 Å². The molecule has 0 aliphatic rings. The van der Waals surface area contributed by atoms with E-state index < -0.39 is 17.6 Å². The molecule has 0 aliphatic heterocycles. The fourth-order valence-corrected chi connectivity index (χ4v) is 2.92. The van der Waals surface area contributed by atoms with Gasteiger partial charge < -0.3 is 4.74 Å². The van der Waals surface area contributed by atoms with Gasteiger partial charge in [0.2, 0.25) is 0 Å². The molecular weight excluding hydrogens is 365 g/mol. The maximum atomic E-state index is 12.6. The van der Waals surface area contributed by atoms with Gasteiger partial charge in [-0.2, -0.15) is 13.2 Å². The van der Waals surface area contributed by atoms with Crippen LogP contribution in [0, 0.1) is 0 Å². The first-order valence-electron chi connectivity index (χ1n) is 7.45. The molecule has 2 aromatic carbocycles. The van der Waals surface area contributed by atoms with Gasteiger partial charge in [-0.1, -0.05) is 0 Å². The summed E-state index contributed by atoms with van der Waals surface area (Å²) in [5.41, 5.74) is 0.863. The smallest absolute Gasteiger partial charge is 0.416 e. The van der Waals surface area contributed by atoms with Crippen molar-refractivity contribution in [3.8, 4) is 17.0 Å². The second-order valence-electron chi connectivity index (χ2n) is 5.30. The number of amides is 1. The van der Waals surface area contributed by atoms with Gasteiger partial charge >= 0.3 is 6.18 Å². The lowest BCUT2D eigenvalue weighted by Crippen LogP contribution is -2.12. The maximum Gasteiger partial charge on any atom is 0.416 e. The number of methoxy groups -OCH3 is 1. The molecular formula is C18H13F3N2O2S. The molecule has 0 aliphatic carbocycles. The number of hydrogen-bond donors (Lipinski definition) is 1. The van der Waals surface area contributed by atoms with Crippen LogP contribution in [0.25, 0.3) is 11.3 Å². The fraction of sp³-hybridized carbons (Fsp3) is 0.111. The second kappa shape index (κ2) is 7.17. The van der Waals surface area contributed by atoms with Gasteiger partial charge in [-0.25, -0.2) is 4.98 Å². The molecule has 1 N–H and O–H groups in total. The summed E-state index contributed by atoms with van der Waals surface area (Å²) in [5.74, 6) is 0.203. The minimum absolute atomic E-state index is 0.124. The minimum atomic E-state index is -4.43. The Hall–Kier alpha value is -2.87. The maximum absolute atomic E-state index is 12.6. The molecule has 3 rings (SSSR count). The number of halogens is 3. The zero-order chi connectivity index (χ0) is 18.7. The lowest BCUT2D eigenvalue weighted by atomic mass is 10.1. The summed E-state index contributed by atoms with van der Waals surface area (Å²) in [4.78, 5) is 16.5. The number of aromatic nitrogens is 1. The van der Waals surface area contributed by atoms with Gasteiger partial charge in [0.1, 0.15) is 5.75 Å². The largest absolute Gasteiger partial charge is 0.497 e. The van der Waals surface area contributed by atoms with Gasteiger partial charge in [-0.15, -0.1) is 11.3 Å². The number of nitrogens with one attached hydrogen (secondary N) is 1. The average molecular weight is 378 g/mol. The lowest BCUT2D eigenvalue weighted by Gasteiger charge is -2.07. The number of nitrogens with zero attached hydrogens (tertiary/aromatic N) is 1. The van der Waals surface area contributed by atoms with Gasteiger partial charge in [0.25, 0.3) is 5.91 Å². The molecule has 0 bridgehead atoms. The third-order valence-electron chi connectivity index (χ3n) is 3.58. The van der Waals surface area contributed by atoms with Crippen LogP contribution < -0.4 is 10.1 Å². The number of ether oxygens (including phenoxy) is 1. The predicted octanol–water partition coefficient (Wildman–Crippen LogP) is 5.09. The molecule has 26 heavy (non-hydrogen) atoms. The molecule has 0 atom stereocenters. The van der Waals surface area contributed by atoms with E-state index in [1.165, 1.54) is 11.3 Å². The third kappa shape index (κ3) is 4.02. The van der Waals surface area contributed by atoms with E-state index in [9.17, 15) is 18.0 Å². The van der Waals surface area contributed by atoms with Gasteiger partial charge in [-0.3, -0.25) is 10.1 Å². The van der Waals surface area contributed by atoms with Crippen molar-refractivity contribution < 1.29 is 22.7 Å². The van der Waals surface area contributed by atoms with E-state index in [1.54, 1.807) is 24.6 Å². The van der Waals surface area contributed by atoms with Crippen molar-refractivity contribution >= 4 is 22.4 Å². The number of carbonyl (C=O) groups is 1. The third-order valence-corrected chi connectivity index (χ3v) is 4.34. The lowest BCUT2D eigenvalue weighted by molar-refractivity contribution is -0.137. The van der Waals surface area contributed by atoms with E-state index in [-0.39, 0.29) is 5.56 Å². The summed E-state index contributed by atoms with van der Waals surface area (Å²) >= 11 is 1.23. The molecule has 0 radical (unpaired) electrons. The standard InChI is InChI=1S/C18H13F3N2O2S/c1-25-14-8-4-11(5-9-14)15-10-26-17(22-15)23-16(24)12-2-6-13(7-3-12)18(19,20)21/h2-10H,1H3,(H,22,23,24). The van der Waals surface area contributed by atoms with Crippen molar-refractivity contribution in [3.05, 3.63) is 65.0 Å². The summed E-state index contributed by atoms with van der Waals surface area (Å²) < 4.78 is 42.8.